The van der Waals surface area contributed by atoms with Crippen LogP contribution in [0.4, 0.5) is 5.82 Å². The van der Waals surface area contributed by atoms with Crippen LogP contribution in [0, 0.1) is 0 Å². The minimum absolute atomic E-state index is 0.0400. The van der Waals surface area contributed by atoms with Crippen molar-refractivity contribution in [3.63, 3.8) is 0 Å². The molecule has 2 aromatic heterocycles. The Morgan fingerprint density at radius 3 is 2.62 bits per heavy atom. The minimum Gasteiger partial charge on any atom is -0.390 e. The lowest BCUT2D eigenvalue weighted by Gasteiger charge is -2.28. The summed E-state index contributed by atoms with van der Waals surface area (Å²) in [6, 6.07) is 0. The van der Waals surface area contributed by atoms with E-state index in [0.29, 0.717) is 12.1 Å². The minimum atomic E-state index is -1.71. The maximum Gasteiger partial charge on any atom is 0.226 e. The number of carbonyl (C=O) groups is 1. The smallest absolute Gasteiger partial charge is 0.226 e. The Hall–Kier alpha value is -1.07. The highest BCUT2D eigenvalue weighted by Gasteiger charge is 2.37. The molecule has 5 atom stereocenters. The molecule has 0 spiro atoms. The van der Waals surface area contributed by atoms with Gasteiger partial charge in [0.05, 0.1) is 30.2 Å². The van der Waals surface area contributed by atoms with E-state index in [1.165, 1.54) is 6.42 Å². The first-order chi connectivity index (χ1) is 16.5. The Morgan fingerprint density at radius 1 is 1.29 bits per heavy atom. The van der Waals surface area contributed by atoms with Gasteiger partial charge in [-0.3, -0.25) is 0 Å². The van der Waals surface area contributed by atoms with Crippen LogP contribution in [0.5, 0.6) is 0 Å². The molecule has 4 rings (SSSR count). The molecule has 34 heavy (non-hydrogen) atoms. The lowest BCUT2D eigenvalue weighted by molar-refractivity contribution is -0.0980. The number of carbonyl (C=O) groups excluding carboxylic acids is 1. The molecule has 4 unspecified atom stereocenters. The molecule has 2 aliphatic heterocycles. The summed E-state index contributed by atoms with van der Waals surface area (Å²) in [5.41, 5.74) is 0.565. The van der Waals surface area contributed by atoms with E-state index in [4.69, 9.17) is 30.5 Å². The van der Waals surface area contributed by atoms with Gasteiger partial charge in [-0.1, -0.05) is 0 Å². The fourth-order valence-electron chi connectivity index (χ4n) is 3.72. The van der Waals surface area contributed by atoms with Crippen molar-refractivity contribution in [3.8, 4) is 0 Å². The van der Waals surface area contributed by atoms with Crippen LogP contribution in [-0.2, 0) is 18.8 Å². The van der Waals surface area contributed by atoms with Crippen molar-refractivity contribution in [3.05, 3.63) is 11.5 Å². The predicted octanol–water partition coefficient (Wildman–Crippen LogP) is 2.06. The monoisotopic (exact) mass is 539 g/mol. The predicted molar refractivity (Wildman–Crippen MR) is 131 cm³/mol. The van der Waals surface area contributed by atoms with E-state index in [9.17, 15) is 10.00 Å². The summed E-state index contributed by atoms with van der Waals surface area (Å²) < 4.78 is 17.1. The molecule has 0 bridgehead atoms. The Morgan fingerprint density at radius 2 is 1.97 bits per heavy atom. The lowest BCUT2D eigenvalue weighted by Crippen LogP contribution is -2.30. The Bertz CT molecular complexity index is 877. The van der Waals surface area contributed by atoms with Gasteiger partial charge in [-0.15, -0.1) is 0 Å². The van der Waals surface area contributed by atoms with E-state index in [2.05, 4.69) is 24.7 Å². The average molecular weight is 540 g/mol. The number of anilines is 1. The van der Waals surface area contributed by atoms with Crippen LogP contribution in [0.1, 0.15) is 31.9 Å². The van der Waals surface area contributed by atoms with Crippen molar-refractivity contribution in [1.29, 1.82) is 0 Å². The molecule has 192 valence electrons. The summed E-state index contributed by atoms with van der Waals surface area (Å²) in [6.07, 6.45) is 3.57. The van der Waals surface area contributed by atoms with Crippen molar-refractivity contribution >= 4 is 52.4 Å². The van der Waals surface area contributed by atoms with Gasteiger partial charge in [0, 0.05) is 42.5 Å². The molecule has 2 aliphatic rings. The summed E-state index contributed by atoms with van der Waals surface area (Å²) in [5.74, 6) is 0.972. The molecule has 0 radical (unpaired) electrons. The molecule has 2 fully saturated rings. The number of aliphatic hydroxyl groups excluding tert-OH is 1. The van der Waals surface area contributed by atoms with Crippen molar-refractivity contribution in [1.82, 2.24) is 19.7 Å². The molecule has 2 aromatic rings. The summed E-state index contributed by atoms with van der Waals surface area (Å²) in [7, 11) is 1.16. The standard InChI is InChI=1S/C16H24ClN5O5P2.C2H6O.CH2O/c17-16-19-14(21-4-2-1-3-5-21)10-7-18-22(15(10)20-16)13-6-11(23)12(27-13)8-26-29(25)9-28-24;1-3-2;1-2/h7,11-13,23-25,28H,1-6,8-9H2;1-2H3;1H2/t11-,12?,13?,29?;;/m0../s1. The molecular weight excluding hydrogens is 508 g/mol. The first-order valence-corrected chi connectivity index (χ1v) is 13.6. The van der Waals surface area contributed by atoms with E-state index in [0.717, 1.165) is 37.1 Å². The second kappa shape index (κ2) is 15.1. The lowest BCUT2D eigenvalue weighted by atomic mass is 10.1. The average Bonchev–Trinajstić information content (AvgIpc) is 3.42. The maximum atomic E-state index is 10.4. The van der Waals surface area contributed by atoms with Crippen LogP contribution >= 0.6 is 28.8 Å². The first-order valence-electron chi connectivity index (χ1n) is 10.6. The highest BCUT2D eigenvalue weighted by molar-refractivity contribution is 7.58. The molecule has 3 N–H and O–H groups in total. The zero-order chi connectivity index (χ0) is 25.1. The topological polar surface area (TPSA) is 152 Å². The number of hydrogen-bond donors (Lipinski definition) is 3. The molecule has 0 aliphatic carbocycles. The van der Waals surface area contributed by atoms with Crippen LogP contribution in [0.2, 0.25) is 5.28 Å². The quantitative estimate of drug-likeness (QED) is 0.350. The maximum absolute atomic E-state index is 10.4. The van der Waals surface area contributed by atoms with E-state index < -0.39 is 26.8 Å². The number of fused-ring (bicyclic) bond motifs is 1. The van der Waals surface area contributed by atoms with E-state index in [1.807, 2.05) is 6.79 Å². The van der Waals surface area contributed by atoms with Crippen molar-refractivity contribution < 1.29 is 33.7 Å². The summed E-state index contributed by atoms with van der Waals surface area (Å²) in [4.78, 5) is 37.5. The summed E-state index contributed by atoms with van der Waals surface area (Å²) in [6.45, 7) is 3.88. The Balaban J connectivity index is 0.000000758. The third-order valence-corrected chi connectivity index (χ3v) is 7.40. The normalized spacial score (nSPS) is 23.5. The number of methoxy groups -OCH3 is 1. The first kappa shape index (κ1) is 29.2. The van der Waals surface area contributed by atoms with Gasteiger partial charge < -0.3 is 38.6 Å². The SMILES string of the molecule is C=O.COC.OPCP(O)OCC1OC(n2ncc3c(N4CCCCC4)nc(Cl)nc32)C[C@@H]1O. The van der Waals surface area contributed by atoms with E-state index >= 15 is 0 Å². The van der Waals surface area contributed by atoms with Gasteiger partial charge >= 0.3 is 0 Å². The third kappa shape index (κ3) is 7.71. The van der Waals surface area contributed by atoms with Gasteiger partial charge in [0.25, 0.3) is 0 Å². The number of hydrogen-bond acceptors (Lipinski definition) is 11. The van der Waals surface area contributed by atoms with Crippen LogP contribution in [0.15, 0.2) is 6.20 Å². The second-order valence-electron chi connectivity index (χ2n) is 7.50. The van der Waals surface area contributed by atoms with Gasteiger partial charge in [-0.2, -0.15) is 15.1 Å². The fraction of sp³-hybridized carbons (Fsp3) is 0.684. The van der Waals surface area contributed by atoms with Crippen LogP contribution in [0.3, 0.4) is 0 Å². The zero-order valence-corrected chi connectivity index (χ0v) is 21.9. The van der Waals surface area contributed by atoms with Crippen molar-refractivity contribution in [2.24, 2.45) is 0 Å². The molecule has 12 nitrogen and oxygen atoms in total. The molecule has 0 saturated carbocycles. The summed E-state index contributed by atoms with van der Waals surface area (Å²) >= 11 is 6.20. The van der Waals surface area contributed by atoms with E-state index in [1.54, 1.807) is 25.1 Å². The van der Waals surface area contributed by atoms with Gasteiger partial charge in [0.1, 0.15) is 18.7 Å². The van der Waals surface area contributed by atoms with Crippen molar-refractivity contribution in [2.45, 2.75) is 44.1 Å². The molecular formula is C19H32ClN5O7P2. The summed E-state index contributed by atoms with van der Waals surface area (Å²) in [5, 5.41) is 15.7. The van der Waals surface area contributed by atoms with E-state index in [-0.39, 0.29) is 26.6 Å². The Labute approximate surface area is 206 Å². The number of aromatic nitrogens is 4. The van der Waals surface area contributed by atoms with Gasteiger partial charge in [0.15, 0.2) is 20.3 Å². The molecule has 4 heterocycles. The van der Waals surface area contributed by atoms with Crippen LogP contribution in [0.25, 0.3) is 11.0 Å². The van der Waals surface area contributed by atoms with Crippen molar-refractivity contribution in [2.75, 3.05) is 44.7 Å². The van der Waals surface area contributed by atoms with Gasteiger partial charge in [0.2, 0.25) is 5.28 Å². The van der Waals surface area contributed by atoms with Gasteiger partial charge in [-0.05, 0) is 30.9 Å². The number of piperidine rings is 1. The molecule has 2 saturated heterocycles. The van der Waals surface area contributed by atoms with Crippen LogP contribution < -0.4 is 4.90 Å². The Kier molecular flexibility index (Phi) is 13.0. The molecule has 0 amide bonds. The highest BCUT2D eigenvalue weighted by Crippen LogP contribution is 2.39. The zero-order valence-electron chi connectivity index (χ0n) is 19.2. The number of rotatable bonds is 7. The fourth-order valence-corrected chi connectivity index (χ4v) is 5.05. The molecule has 15 heteroatoms. The third-order valence-electron chi connectivity index (χ3n) is 5.13. The number of ether oxygens (including phenoxy) is 2. The molecule has 0 aromatic carbocycles. The number of aliphatic hydroxyl groups is 1. The number of halogens is 1. The largest absolute Gasteiger partial charge is 0.390 e. The highest BCUT2D eigenvalue weighted by atomic mass is 35.5. The number of nitrogens with zero attached hydrogens (tertiary/aromatic N) is 5. The van der Waals surface area contributed by atoms with Crippen LogP contribution in [-0.4, -0.2) is 93.5 Å². The second-order valence-corrected chi connectivity index (χ2v) is 10.4. The van der Waals surface area contributed by atoms with Gasteiger partial charge in [-0.25, -0.2) is 4.68 Å².